The number of sulfonamides is 1. The lowest BCUT2D eigenvalue weighted by Crippen LogP contribution is -2.40. The van der Waals surface area contributed by atoms with Gasteiger partial charge in [0.25, 0.3) is 0 Å². The Hall–Kier alpha value is -1.35. The van der Waals surface area contributed by atoms with Crippen molar-refractivity contribution in [3.05, 3.63) is 23.2 Å². The lowest BCUT2D eigenvalue weighted by Gasteiger charge is -2.30. The van der Waals surface area contributed by atoms with E-state index in [1.54, 1.807) is 13.0 Å². The molecule has 25 heavy (non-hydrogen) atoms. The highest BCUT2D eigenvalue weighted by atomic mass is 35.5. The van der Waals surface area contributed by atoms with Crippen molar-refractivity contribution in [2.75, 3.05) is 26.8 Å². The molecular formula is C16H22ClNO6S. The largest absolute Gasteiger partial charge is 0.487 e. The summed E-state index contributed by atoms with van der Waals surface area (Å²) in [5, 5.41) is 9.34. The van der Waals surface area contributed by atoms with Gasteiger partial charge in [-0.2, -0.15) is 4.31 Å². The van der Waals surface area contributed by atoms with E-state index in [4.69, 9.17) is 26.2 Å². The Bertz CT molecular complexity index is 715. The van der Waals surface area contributed by atoms with Crippen LogP contribution in [0.3, 0.4) is 0 Å². The van der Waals surface area contributed by atoms with Crippen molar-refractivity contribution >= 4 is 27.6 Å². The molecule has 2 rings (SSSR count). The van der Waals surface area contributed by atoms with E-state index in [1.165, 1.54) is 23.5 Å². The normalized spacial score (nSPS) is 18.0. The number of nitrogens with zero attached hydrogens (tertiary/aromatic N) is 1. The second kappa shape index (κ2) is 8.35. The number of halogens is 1. The maximum Gasteiger partial charge on any atom is 0.306 e. The molecule has 1 heterocycles. The van der Waals surface area contributed by atoms with Crippen LogP contribution in [0, 0.1) is 5.92 Å². The molecule has 0 amide bonds. The summed E-state index contributed by atoms with van der Waals surface area (Å²) in [6, 6.07) is 4.44. The van der Waals surface area contributed by atoms with Gasteiger partial charge < -0.3 is 14.6 Å². The molecule has 7 nitrogen and oxygen atoms in total. The van der Waals surface area contributed by atoms with Crippen LogP contribution < -0.4 is 4.74 Å². The highest BCUT2D eigenvalue weighted by Gasteiger charge is 2.34. The van der Waals surface area contributed by atoms with E-state index in [1.807, 2.05) is 0 Å². The van der Waals surface area contributed by atoms with Crippen LogP contribution in [0.4, 0.5) is 0 Å². The van der Waals surface area contributed by atoms with Gasteiger partial charge in [0.1, 0.15) is 16.7 Å². The molecular weight excluding hydrogens is 370 g/mol. The van der Waals surface area contributed by atoms with E-state index in [2.05, 4.69) is 0 Å². The molecule has 1 aromatic rings. The van der Waals surface area contributed by atoms with E-state index in [9.17, 15) is 13.2 Å². The van der Waals surface area contributed by atoms with Gasteiger partial charge in [0.05, 0.1) is 12.5 Å². The Morgan fingerprint density at radius 1 is 1.40 bits per heavy atom. The SMILES string of the molecule is COCC(C)Oc1ccc(Cl)cc1S(=O)(=O)N1CCC(C(=O)O)CC1. The second-order valence-electron chi connectivity index (χ2n) is 5.99. The number of carbonyl (C=O) groups is 1. The topological polar surface area (TPSA) is 93.1 Å². The number of hydrogen-bond acceptors (Lipinski definition) is 5. The molecule has 1 N–H and O–H groups in total. The lowest BCUT2D eigenvalue weighted by molar-refractivity contribution is -0.142. The summed E-state index contributed by atoms with van der Waals surface area (Å²) in [7, 11) is -2.30. The Balaban J connectivity index is 2.26. The molecule has 0 aliphatic carbocycles. The molecule has 140 valence electrons. The summed E-state index contributed by atoms with van der Waals surface area (Å²) < 4.78 is 38.0. The number of piperidine rings is 1. The van der Waals surface area contributed by atoms with Crippen molar-refractivity contribution in [1.82, 2.24) is 4.31 Å². The Morgan fingerprint density at radius 3 is 2.60 bits per heavy atom. The van der Waals surface area contributed by atoms with Gasteiger partial charge >= 0.3 is 5.97 Å². The van der Waals surface area contributed by atoms with Crippen LogP contribution in [-0.2, 0) is 19.6 Å². The van der Waals surface area contributed by atoms with Crippen molar-refractivity contribution in [1.29, 1.82) is 0 Å². The van der Waals surface area contributed by atoms with Gasteiger partial charge in [0.2, 0.25) is 10.0 Å². The predicted molar refractivity (Wildman–Crippen MR) is 92.5 cm³/mol. The van der Waals surface area contributed by atoms with Crippen molar-refractivity contribution < 1.29 is 27.8 Å². The van der Waals surface area contributed by atoms with E-state index in [-0.39, 0.29) is 47.7 Å². The van der Waals surface area contributed by atoms with Gasteiger partial charge in [-0.25, -0.2) is 8.42 Å². The smallest absolute Gasteiger partial charge is 0.306 e. The molecule has 0 saturated carbocycles. The number of aliphatic carboxylic acids is 1. The molecule has 1 aliphatic heterocycles. The van der Waals surface area contributed by atoms with Crippen LogP contribution in [0.2, 0.25) is 5.02 Å². The summed E-state index contributed by atoms with van der Waals surface area (Å²) in [6.07, 6.45) is 0.231. The van der Waals surface area contributed by atoms with E-state index in [0.717, 1.165) is 0 Å². The van der Waals surface area contributed by atoms with Crippen molar-refractivity contribution in [3.63, 3.8) is 0 Å². The summed E-state index contributed by atoms with van der Waals surface area (Å²) in [4.78, 5) is 11.0. The van der Waals surface area contributed by atoms with E-state index >= 15 is 0 Å². The summed E-state index contributed by atoms with van der Waals surface area (Å²) in [6.45, 7) is 2.39. The number of hydrogen-bond donors (Lipinski definition) is 1. The molecule has 0 bridgehead atoms. The molecule has 1 atom stereocenters. The average Bonchev–Trinajstić information content (AvgIpc) is 2.56. The number of benzene rings is 1. The monoisotopic (exact) mass is 391 g/mol. The van der Waals surface area contributed by atoms with Gasteiger partial charge in [0, 0.05) is 25.2 Å². The highest BCUT2D eigenvalue weighted by Crippen LogP contribution is 2.32. The third kappa shape index (κ3) is 4.84. The maximum absolute atomic E-state index is 13.0. The number of rotatable bonds is 7. The van der Waals surface area contributed by atoms with Crippen LogP contribution in [0.5, 0.6) is 5.75 Å². The zero-order valence-corrected chi connectivity index (χ0v) is 15.7. The maximum atomic E-state index is 13.0. The van der Waals surface area contributed by atoms with Gasteiger partial charge in [-0.3, -0.25) is 4.79 Å². The molecule has 0 spiro atoms. The molecule has 0 aromatic heterocycles. The predicted octanol–water partition coefficient (Wildman–Crippen LogP) is 2.24. The highest BCUT2D eigenvalue weighted by molar-refractivity contribution is 7.89. The van der Waals surface area contributed by atoms with Crippen molar-refractivity contribution in [3.8, 4) is 5.75 Å². The third-order valence-corrected chi connectivity index (χ3v) is 6.21. The Kier molecular flexibility index (Phi) is 6.67. The standard InChI is InChI=1S/C16H22ClNO6S/c1-11(10-23-2)24-14-4-3-13(17)9-15(14)25(21,22)18-7-5-12(6-8-18)16(19)20/h3-4,9,11-12H,5-8,10H2,1-2H3,(H,19,20). The van der Waals surface area contributed by atoms with Crippen LogP contribution in [0.15, 0.2) is 23.1 Å². The first kappa shape index (κ1) is 20.0. The second-order valence-corrected chi connectivity index (χ2v) is 8.33. The van der Waals surface area contributed by atoms with Gasteiger partial charge in [-0.05, 0) is 38.0 Å². The minimum absolute atomic E-state index is 0.0169. The zero-order valence-electron chi connectivity index (χ0n) is 14.1. The molecule has 1 saturated heterocycles. The number of ether oxygens (including phenoxy) is 2. The molecule has 1 aromatic carbocycles. The summed E-state index contributed by atoms with van der Waals surface area (Å²) in [5.74, 6) is -1.20. The van der Waals surface area contributed by atoms with Crippen LogP contribution in [-0.4, -0.2) is 56.7 Å². The van der Waals surface area contributed by atoms with Gasteiger partial charge in [0.15, 0.2) is 0 Å². The average molecular weight is 392 g/mol. The lowest BCUT2D eigenvalue weighted by atomic mass is 9.99. The first-order valence-electron chi connectivity index (χ1n) is 7.93. The number of methoxy groups -OCH3 is 1. The number of carboxylic acids is 1. The molecule has 1 fully saturated rings. The number of carboxylic acid groups (broad SMARTS) is 1. The third-order valence-electron chi connectivity index (χ3n) is 4.06. The van der Waals surface area contributed by atoms with Crippen LogP contribution in [0.1, 0.15) is 19.8 Å². The first-order chi connectivity index (χ1) is 11.8. The van der Waals surface area contributed by atoms with Crippen molar-refractivity contribution in [2.24, 2.45) is 5.92 Å². The zero-order chi connectivity index (χ0) is 18.6. The van der Waals surface area contributed by atoms with E-state index < -0.39 is 21.9 Å². The molecule has 0 radical (unpaired) electrons. The van der Waals surface area contributed by atoms with Crippen molar-refractivity contribution in [2.45, 2.75) is 30.8 Å². The fourth-order valence-electron chi connectivity index (χ4n) is 2.75. The quantitative estimate of drug-likeness (QED) is 0.766. The molecule has 1 aliphatic rings. The fraction of sp³-hybridized carbons (Fsp3) is 0.562. The Labute approximate surface area is 152 Å². The minimum atomic E-state index is -3.83. The molecule has 9 heteroatoms. The van der Waals surface area contributed by atoms with Crippen LogP contribution >= 0.6 is 11.6 Å². The van der Waals surface area contributed by atoms with Gasteiger partial charge in [-0.1, -0.05) is 11.6 Å². The van der Waals surface area contributed by atoms with E-state index in [0.29, 0.717) is 6.61 Å². The Morgan fingerprint density at radius 2 is 2.04 bits per heavy atom. The van der Waals surface area contributed by atoms with Crippen LogP contribution in [0.25, 0.3) is 0 Å². The summed E-state index contributed by atoms with van der Waals surface area (Å²) >= 11 is 5.98. The fourth-order valence-corrected chi connectivity index (χ4v) is 4.60. The minimum Gasteiger partial charge on any atom is -0.487 e. The van der Waals surface area contributed by atoms with Gasteiger partial charge in [-0.15, -0.1) is 0 Å². The first-order valence-corrected chi connectivity index (χ1v) is 9.75. The molecule has 1 unspecified atom stereocenters. The summed E-state index contributed by atoms with van der Waals surface area (Å²) in [5.41, 5.74) is 0.